The first-order chi connectivity index (χ1) is 6.41. The second kappa shape index (κ2) is 12.4. The molecule has 0 fully saturated rings. The molecule has 13 heavy (non-hydrogen) atoms. The van der Waals surface area contributed by atoms with E-state index in [1.54, 1.807) is 0 Å². The van der Waals surface area contributed by atoms with Crippen molar-refractivity contribution in [3.05, 3.63) is 0 Å². The van der Waals surface area contributed by atoms with E-state index in [-0.39, 0.29) is 0 Å². The molecule has 0 amide bonds. The van der Waals surface area contributed by atoms with Gasteiger partial charge in [-0.3, -0.25) is 0 Å². The molecule has 0 spiro atoms. The Bertz CT molecular complexity index is 79.0. The van der Waals surface area contributed by atoms with Crippen LogP contribution in [0.25, 0.3) is 0 Å². The van der Waals surface area contributed by atoms with Crippen LogP contribution in [-0.4, -0.2) is 39.2 Å². The number of ether oxygens (including phenoxy) is 2. The molecule has 0 unspecified atom stereocenters. The first-order valence-corrected chi connectivity index (χ1v) is 7.57. The van der Waals surface area contributed by atoms with Gasteiger partial charge in [-0.15, -0.1) is 0 Å². The van der Waals surface area contributed by atoms with Gasteiger partial charge in [-0.05, 0) is 0 Å². The zero-order valence-corrected chi connectivity index (χ0v) is 10.6. The monoisotopic (exact) mass is 254 g/mol. The summed E-state index contributed by atoms with van der Waals surface area (Å²) in [7, 11) is 0. The Hall–Kier alpha value is 0.439. The van der Waals surface area contributed by atoms with E-state index in [0.717, 1.165) is 24.2 Å². The van der Waals surface area contributed by atoms with E-state index in [1.165, 1.54) is 25.7 Å². The number of hydrogen-bond donors (Lipinski definition) is 0. The summed E-state index contributed by atoms with van der Waals surface area (Å²) in [5.41, 5.74) is 1.83. The molecule has 0 aromatic rings. The maximum atomic E-state index is 5.43. The molecule has 0 bridgehead atoms. The van der Waals surface area contributed by atoms with Crippen LogP contribution >= 0.6 is 0 Å². The first-order valence-electron chi connectivity index (χ1n) is 5.15. The van der Waals surface area contributed by atoms with Crippen molar-refractivity contribution in [1.82, 2.24) is 0 Å². The summed E-state index contributed by atoms with van der Waals surface area (Å²) in [6.45, 7) is 6.21. The summed E-state index contributed by atoms with van der Waals surface area (Å²) in [6, 6.07) is 0. The van der Waals surface area contributed by atoms with Gasteiger partial charge in [-0.2, -0.15) is 0 Å². The van der Waals surface area contributed by atoms with E-state index in [1.807, 2.05) is 0 Å². The van der Waals surface area contributed by atoms with E-state index in [4.69, 9.17) is 9.47 Å². The average molecular weight is 253 g/mol. The van der Waals surface area contributed by atoms with Crippen LogP contribution in [-0.2, 0) is 9.47 Å². The van der Waals surface area contributed by atoms with Crippen LogP contribution in [0.3, 0.4) is 0 Å². The molecule has 0 radical (unpaired) electrons. The van der Waals surface area contributed by atoms with Crippen molar-refractivity contribution in [1.29, 1.82) is 0 Å². The molecular weight excluding hydrogens is 231 g/mol. The molecule has 0 saturated heterocycles. The molecule has 2 nitrogen and oxygen atoms in total. The topological polar surface area (TPSA) is 18.5 Å². The van der Waals surface area contributed by atoms with E-state index in [2.05, 4.69) is 13.8 Å². The van der Waals surface area contributed by atoms with Crippen molar-refractivity contribution in [2.24, 2.45) is 0 Å². The molecule has 0 atom stereocenters. The molecule has 0 aromatic carbocycles. The summed E-state index contributed by atoms with van der Waals surface area (Å²) < 4.78 is 10.9. The molecule has 0 aliphatic heterocycles. The molecule has 0 aliphatic rings. The molecule has 0 N–H and O–H groups in total. The molecule has 80 valence electrons. The summed E-state index contributed by atoms with van der Waals surface area (Å²) in [6.07, 6.45) is 4.82. The summed E-state index contributed by atoms with van der Waals surface area (Å²) in [4.78, 5) is 0. The van der Waals surface area contributed by atoms with Crippen molar-refractivity contribution in [2.75, 3.05) is 24.2 Å². The third-order valence-electron chi connectivity index (χ3n) is 1.62. The summed E-state index contributed by atoms with van der Waals surface area (Å²) in [5, 5.41) is 0. The molecule has 0 heterocycles. The minimum absolute atomic E-state index is 0.529. The molecule has 0 aromatic heterocycles. The standard InChI is InChI=1S/C10H22O2Se/c1-3-5-7-11-9-13-10-12-8-6-4-2/h3-10H2,1-2H3. The fourth-order valence-electron chi connectivity index (χ4n) is 0.763. The van der Waals surface area contributed by atoms with Crippen molar-refractivity contribution >= 4 is 15.0 Å². The zero-order valence-electron chi connectivity index (χ0n) is 8.88. The zero-order chi connectivity index (χ0) is 9.78. The molecule has 3 heteroatoms. The van der Waals surface area contributed by atoms with Crippen LogP contribution in [0.5, 0.6) is 0 Å². The third kappa shape index (κ3) is 12.4. The van der Waals surface area contributed by atoms with Crippen molar-refractivity contribution in [2.45, 2.75) is 39.5 Å². The Morgan fingerprint density at radius 1 is 0.846 bits per heavy atom. The predicted molar refractivity (Wildman–Crippen MR) is 57.2 cm³/mol. The molecule has 0 saturated carbocycles. The van der Waals surface area contributed by atoms with Crippen LogP contribution < -0.4 is 0 Å². The average Bonchev–Trinajstić information content (AvgIpc) is 2.16. The summed E-state index contributed by atoms with van der Waals surface area (Å²) in [5.74, 6) is 0. The second-order valence-electron chi connectivity index (χ2n) is 2.96. The quantitative estimate of drug-likeness (QED) is 0.439. The molecular formula is C10H22O2Se. The van der Waals surface area contributed by atoms with Gasteiger partial charge in [0, 0.05) is 0 Å². The summed E-state index contributed by atoms with van der Waals surface area (Å²) >= 11 is 0.529. The van der Waals surface area contributed by atoms with Crippen LogP contribution in [0.1, 0.15) is 39.5 Å². The first kappa shape index (κ1) is 13.4. The number of hydrogen-bond acceptors (Lipinski definition) is 2. The van der Waals surface area contributed by atoms with Gasteiger partial charge in [0.25, 0.3) is 0 Å². The Morgan fingerprint density at radius 3 is 1.69 bits per heavy atom. The normalized spacial score (nSPS) is 10.6. The predicted octanol–water partition coefficient (Wildman–Crippen LogP) is 2.24. The van der Waals surface area contributed by atoms with Gasteiger partial charge >= 0.3 is 88.2 Å². The van der Waals surface area contributed by atoms with Crippen LogP contribution in [0.15, 0.2) is 0 Å². The van der Waals surface area contributed by atoms with Crippen LogP contribution in [0.2, 0.25) is 0 Å². The number of rotatable bonds is 10. The van der Waals surface area contributed by atoms with Gasteiger partial charge in [0.1, 0.15) is 0 Å². The van der Waals surface area contributed by atoms with Crippen LogP contribution in [0.4, 0.5) is 0 Å². The maximum absolute atomic E-state index is 5.43. The van der Waals surface area contributed by atoms with Crippen molar-refractivity contribution in [3.8, 4) is 0 Å². The number of unbranched alkanes of at least 4 members (excludes halogenated alkanes) is 2. The van der Waals surface area contributed by atoms with Gasteiger partial charge in [-0.1, -0.05) is 0 Å². The third-order valence-corrected chi connectivity index (χ3v) is 3.02. The fourth-order valence-corrected chi connectivity index (χ4v) is 1.89. The Balaban J connectivity index is 2.76. The van der Waals surface area contributed by atoms with Gasteiger partial charge in [0.05, 0.1) is 0 Å². The van der Waals surface area contributed by atoms with Gasteiger partial charge < -0.3 is 0 Å². The fraction of sp³-hybridized carbons (Fsp3) is 1.00. The second-order valence-corrected chi connectivity index (χ2v) is 4.81. The van der Waals surface area contributed by atoms with Crippen molar-refractivity contribution < 1.29 is 9.47 Å². The Morgan fingerprint density at radius 2 is 1.31 bits per heavy atom. The van der Waals surface area contributed by atoms with Gasteiger partial charge in [0.2, 0.25) is 0 Å². The molecule has 0 rings (SSSR count). The van der Waals surface area contributed by atoms with E-state index >= 15 is 0 Å². The Labute approximate surface area is 88.5 Å². The van der Waals surface area contributed by atoms with E-state index in [0.29, 0.717) is 15.0 Å². The van der Waals surface area contributed by atoms with Gasteiger partial charge in [-0.25, -0.2) is 0 Å². The minimum atomic E-state index is 0.529. The SMILES string of the molecule is CCCCOC[Se]COCCCC. The van der Waals surface area contributed by atoms with Crippen molar-refractivity contribution in [3.63, 3.8) is 0 Å². The Kier molecular flexibility index (Phi) is 12.9. The van der Waals surface area contributed by atoms with E-state index < -0.39 is 0 Å². The molecule has 0 aliphatic carbocycles. The van der Waals surface area contributed by atoms with Crippen LogP contribution in [0, 0.1) is 0 Å². The van der Waals surface area contributed by atoms with Gasteiger partial charge in [0.15, 0.2) is 0 Å². The van der Waals surface area contributed by atoms with E-state index in [9.17, 15) is 0 Å².